The zero-order chi connectivity index (χ0) is 64.2. The maximum atomic E-state index is 15.2. The number of ketones is 2. The van der Waals surface area contributed by atoms with E-state index in [0.717, 1.165) is 40.0 Å². The van der Waals surface area contributed by atoms with E-state index < -0.39 is 107 Å². The number of ether oxygens (including phenoxy) is 4. The quantitative estimate of drug-likeness (QED) is 0.0273. The molecule has 16 atom stereocenters. The van der Waals surface area contributed by atoms with Crippen LogP contribution in [0.2, 0.25) is 0 Å². The van der Waals surface area contributed by atoms with Crippen LogP contribution in [0, 0.1) is 11.3 Å². The van der Waals surface area contributed by atoms with E-state index in [-0.39, 0.29) is 50.3 Å². The third-order valence-corrected chi connectivity index (χ3v) is 23.0. The number of carboxylic acids is 1. The highest BCUT2D eigenvalue weighted by Crippen LogP contribution is 2.68. The van der Waals surface area contributed by atoms with E-state index in [1.807, 2.05) is 37.1 Å². The van der Waals surface area contributed by atoms with Gasteiger partial charge in [-0.1, -0.05) is 71.0 Å². The lowest BCUT2D eigenvalue weighted by Crippen LogP contribution is -2.81. The average Bonchev–Trinajstić information content (AvgIpc) is 1.70. The van der Waals surface area contributed by atoms with Gasteiger partial charge in [-0.3, -0.25) is 24.2 Å². The van der Waals surface area contributed by atoms with Crippen molar-refractivity contribution in [3.05, 3.63) is 82.8 Å². The maximum absolute atomic E-state index is 15.2. The van der Waals surface area contributed by atoms with Crippen LogP contribution >= 0.6 is 21.6 Å². The number of H-pyrrole nitrogens is 1. The molecule has 27 heteroatoms. The number of aliphatic hydroxyl groups excluding tert-OH is 4. The van der Waals surface area contributed by atoms with Crippen LogP contribution in [0.3, 0.4) is 0 Å². The minimum Gasteiger partial charge on any atom is -0.496 e. The Morgan fingerprint density at radius 3 is 2.49 bits per heavy atom. The van der Waals surface area contributed by atoms with Gasteiger partial charge in [0.15, 0.2) is 29.6 Å². The number of aromatic amines is 1. The largest absolute Gasteiger partial charge is 0.496 e. The number of carbonyl (C=O) groups is 5. The Morgan fingerprint density at radius 1 is 0.967 bits per heavy atom. The van der Waals surface area contributed by atoms with Crippen LogP contribution in [0.15, 0.2) is 54.7 Å². The summed E-state index contributed by atoms with van der Waals surface area (Å²) in [5.74, 6) is -1.18. The first-order valence-electron chi connectivity index (χ1n) is 31.2. The number of para-hydroxylation sites is 1. The predicted molar refractivity (Wildman–Crippen MR) is 333 cm³/mol. The van der Waals surface area contributed by atoms with E-state index in [4.69, 9.17) is 18.9 Å². The molecule has 6 aliphatic heterocycles. The van der Waals surface area contributed by atoms with Crippen LogP contribution in [-0.4, -0.2) is 233 Å². The van der Waals surface area contributed by atoms with Crippen LogP contribution < -0.4 is 20.3 Å². The van der Waals surface area contributed by atoms with Gasteiger partial charge in [0, 0.05) is 127 Å². The van der Waals surface area contributed by atoms with Crippen molar-refractivity contribution in [2.75, 3.05) is 76.5 Å². The van der Waals surface area contributed by atoms with Crippen LogP contribution in [0.1, 0.15) is 101 Å². The molecule has 1 aliphatic carbocycles. The van der Waals surface area contributed by atoms with E-state index in [1.165, 1.54) is 45.0 Å². The summed E-state index contributed by atoms with van der Waals surface area (Å²) in [5, 5.41) is 92.6. The molecule has 8 heterocycles. The SMILES string of the molecule is CC[C@]1(O)C[C@H]2CN(Cc3c([nH]c4ccccc34)[C@@](C)(c3cc4c(cc3OC)N(C)[C@H]3[C@@](O)(C(=O)CNC(=O)OCCSSCCCC(=O)[C@H](Cc5cn(CCO[C@@H]6OC(C(=O)O)C(O)[C@H](O)C6O)nn5)NC(C)=O)[C@H](O)[C@]5(CC)C=CCN6CC[C@]43[C@@H]65)C2)C1. The molecule has 490 valence electrons. The molecule has 7 aliphatic rings. The summed E-state index contributed by atoms with van der Waals surface area (Å²) < 4.78 is 23.9. The van der Waals surface area contributed by atoms with Crippen LogP contribution in [0.25, 0.3) is 10.9 Å². The van der Waals surface area contributed by atoms with Gasteiger partial charge in [0.05, 0.1) is 50.2 Å². The number of methoxy groups -OCH3 is 1. The molecule has 25 nitrogen and oxygen atoms in total. The molecule has 2 aromatic heterocycles. The first-order valence-corrected chi connectivity index (χ1v) is 33.7. The van der Waals surface area contributed by atoms with E-state index in [0.29, 0.717) is 87.7 Å². The number of likely N-dealkylation sites (N-methyl/N-ethyl adjacent to an activating group) is 1. The maximum Gasteiger partial charge on any atom is 0.407 e. The Bertz CT molecular complexity index is 3390. The Labute approximate surface area is 530 Å². The standard InChI is InChI=1S/C63H85N9O16S2/c1-7-60(83)29-36-28-59(4,52-39(33-70(31-36)34-60)38-13-9-10-14-42(38)66-52)41-26-40-44(27-46(41)85-6)69(5)56-62(40)17-19-71-18-12-16-61(8-2,55(62)71)57(81)63(56,84)47(75)30-64-58(82)87-22-24-90-89-23-11-15-45(74)43(65-35(3)73)25-37-32-72(68-67-37)20-21-86-54-50(78)48(76)49(77)51(88-54)53(79)80/h9-10,12-14,16,26-27,32,36,43,48-51,54-57,66,76-78,81,83-84H,7-8,11,15,17-25,28-31,33-34H2,1-6H3,(H,64,82)(H,65,73)(H,79,80)/t36-,43-,48-,49?,50?,51?,54+,55-,56+,57+,59+,60-,61+,62+,63-/m0/s1. The smallest absolute Gasteiger partial charge is 0.407 e. The Morgan fingerprint density at radius 2 is 1.74 bits per heavy atom. The summed E-state index contributed by atoms with van der Waals surface area (Å²) >= 11 is 0. The number of aliphatic carboxylic acids is 1. The number of carbonyl (C=O) groups excluding carboxylic acids is 4. The molecular formula is C63H85N9O16S2. The number of anilines is 1. The Balaban J connectivity index is 0.719. The number of alkyl carbamates (subject to hydrolysis) is 1. The number of nitrogens with zero attached hydrogens (tertiary/aromatic N) is 6. The molecule has 2 bridgehead atoms. The number of aromatic nitrogens is 4. The second kappa shape index (κ2) is 26.0. The second-order valence-corrected chi connectivity index (χ2v) is 28.6. The number of aliphatic hydroxyl groups is 6. The predicted octanol–water partition coefficient (Wildman–Crippen LogP) is 2.33. The highest BCUT2D eigenvalue weighted by molar-refractivity contribution is 8.76. The number of carboxylic acid groups (broad SMARTS) is 1. The van der Waals surface area contributed by atoms with Gasteiger partial charge in [-0.05, 0) is 81.2 Å². The van der Waals surface area contributed by atoms with Gasteiger partial charge in [-0.2, -0.15) is 0 Å². The van der Waals surface area contributed by atoms with Gasteiger partial charge >= 0.3 is 12.1 Å². The fourth-order valence-corrected chi connectivity index (χ4v) is 18.5. The summed E-state index contributed by atoms with van der Waals surface area (Å²) in [6.07, 6.45) is -1.87. The number of amides is 2. The molecule has 2 aromatic carbocycles. The van der Waals surface area contributed by atoms with Crippen molar-refractivity contribution in [1.82, 2.24) is 40.4 Å². The number of hydrogen-bond donors (Lipinski definition) is 10. The summed E-state index contributed by atoms with van der Waals surface area (Å²) in [6, 6.07) is 10.6. The molecule has 1 saturated carbocycles. The summed E-state index contributed by atoms with van der Waals surface area (Å²) in [5.41, 5.74) is 0.643. The molecule has 4 fully saturated rings. The van der Waals surface area contributed by atoms with Gasteiger partial charge in [0.25, 0.3) is 0 Å². The average molecular weight is 1290 g/mol. The Hall–Kier alpha value is -5.69. The number of fused-ring (bicyclic) bond motifs is 6. The van der Waals surface area contributed by atoms with Crippen LogP contribution in [0.4, 0.5) is 10.5 Å². The lowest BCUT2D eigenvalue weighted by atomic mass is 9.47. The number of piperidine rings is 1. The lowest BCUT2D eigenvalue weighted by Gasteiger charge is -2.63. The first kappa shape index (κ1) is 65.8. The normalized spacial score (nSPS) is 33.7. The molecule has 0 radical (unpaired) electrons. The third-order valence-electron chi connectivity index (χ3n) is 20.5. The molecular weight excluding hydrogens is 1200 g/mol. The molecule has 4 aromatic rings. The molecule has 1 spiro atoms. The van der Waals surface area contributed by atoms with Crippen molar-refractivity contribution in [1.29, 1.82) is 0 Å². The van der Waals surface area contributed by atoms with Gasteiger partial charge in [-0.25, -0.2) is 14.3 Å². The fourth-order valence-electron chi connectivity index (χ4n) is 16.6. The number of nitrogens with one attached hydrogen (secondary N) is 3. The van der Waals surface area contributed by atoms with Crippen molar-refractivity contribution in [3.63, 3.8) is 0 Å². The van der Waals surface area contributed by atoms with Crippen molar-refractivity contribution in [3.8, 4) is 5.75 Å². The van der Waals surface area contributed by atoms with Crippen molar-refractivity contribution >= 4 is 67.7 Å². The minimum atomic E-state index is -2.38. The van der Waals surface area contributed by atoms with Crippen molar-refractivity contribution in [2.45, 2.75) is 169 Å². The number of hydrogen-bond acceptors (Lipinski definition) is 22. The second-order valence-electron chi connectivity index (χ2n) is 25.9. The van der Waals surface area contributed by atoms with Crippen LogP contribution in [-0.2, 0) is 63.7 Å². The topological polar surface area (TPSA) is 344 Å². The van der Waals surface area contributed by atoms with Gasteiger partial charge in [0.1, 0.15) is 36.8 Å². The van der Waals surface area contributed by atoms with E-state index >= 15 is 4.79 Å². The van der Waals surface area contributed by atoms with Crippen LogP contribution in [0.5, 0.6) is 5.75 Å². The molecule has 2 amide bonds. The van der Waals surface area contributed by atoms with E-state index in [2.05, 4.69) is 79.9 Å². The zero-order valence-electron chi connectivity index (χ0n) is 51.7. The number of rotatable bonds is 24. The van der Waals surface area contributed by atoms with Crippen molar-refractivity contribution < 1.29 is 78.7 Å². The first-order chi connectivity index (χ1) is 43.0. The number of Topliss-reactive ketones (excluding diaryl/α,β-unsaturated/α-hetero) is 2. The summed E-state index contributed by atoms with van der Waals surface area (Å²) in [4.78, 5) is 76.1. The summed E-state index contributed by atoms with van der Waals surface area (Å²) in [7, 11) is 6.45. The Kier molecular flexibility index (Phi) is 19.0. The van der Waals surface area contributed by atoms with Crippen molar-refractivity contribution in [2.24, 2.45) is 11.3 Å². The lowest BCUT2D eigenvalue weighted by molar-refractivity contribution is -0.294. The van der Waals surface area contributed by atoms with E-state index in [9.17, 15) is 54.9 Å². The summed E-state index contributed by atoms with van der Waals surface area (Å²) in [6.45, 7) is 10.3. The monoisotopic (exact) mass is 1290 g/mol. The fraction of sp³-hybridized carbons (Fsp3) is 0.635. The van der Waals surface area contributed by atoms with Gasteiger partial charge in [-0.15, -0.1) is 5.10 Å². The molecule has 3 saturated heterocycles. The zero-order valence-corrected chi connectivity index (χ0v) is 53.3. The minimum absolute atomic E-state index is 0.0116. The van der Waals surface area contributed by atoms with E-state index in [1.54, 1.807) is 7.11 Å². The van der Waals surface area contributed by atoms with Gasteiger partial charge in [0.2, 0.25) is 5.91 Å². The molecule has 10 N–H and O–H groups in total. The molecule has 4 unspecified atom stereocenters. The highest BCUT2D eigenvalue weighted by Gasteiger charge is 2.78. The highest BCUT2D eigenvalue weighted by atomic mass is 33.1. The number of benzene rings is 2. The third kappa shape index (κ3) is 11.6. The molecule has 90 heavy (non-hydrogen) atoms. The molecule has 11 rings (SSSR count). The van der Waals surface area contributed by atoms with Gasteiger partial charge < -0.3 is 75.2 Å².